The molecule has 4 heteroatoms. The van der Waals surface area contributed by atoms with Crippen LogP contribution in [0.25, 0.3) is 0 Å². The van der Waals surface area contributed by atoms with E-state index < -0.39 is 0 Å². The molecule has 53 valence electrons. The first kappa shape index (κ1) is 6.92. The van der Waals surface area contributed by atoms with Gasteiger partial charge >= 0.3 is 7.48 Å². The summed E-state index contributed by atoms with van der Waals surface area (Å²) in [5.41, 5.74) is 2.13. The number of hydrogen-bond donors (Lipinski definition) is 0. The van der Waals surface area contributed by atoms with Crippen molar-refractivity contribution in [3.8, 4) is 0 Å². The SMILES string of the molecule is Brc1ccc2c(c1)C=NO[B]2. The first-order chi connectivity index (χ1) is 5.36. The summed E-state index contributed by atoms with van der Waals surface area (Å²) in [4.78, 5) is 0. The van der Waals surface area contributed by atoms with Crippen LogP contribution in [0.5, 0.6) is 0 Å². The fourth-order valence-electron chi connectivity index (χ4n) is 0.939. The molecule has 1 aromatic rings. The topological polar surface area (TPSA) is 21.6 Å². The van der Waals surface area contributed by atoms with E-state index in [0.717, 1.165) is 15.5 Å². The highest BCUT2D eigenvalue weighted by molar-refractivity contribution is 9.10. The Labute approximate surface area is 73.6 Å². The summed E-state index contributed by atoms with van der Waals surface area (Å²) in [5.74, 6) is 0. The molecule has 0 spiro atoms. The number of oxime groups is 1. The van der Waals surface area contributed by atoms with Crippen LogP contribution in [0.15, 0.2) is 27.8 Å². The standard InChI is InChI=1S/C7H4BBrNO/c9-6-1-2-7-5(3-6)4-10-11-8-7/h1-4H. The molecule has 1 radical (unpaired) electrons. The average Bonchev–Trinajstić information content (AvgIpc) is 2.04. The third kappa shape index (κ3) is 1.31. The van der Waals surface area contributed by atoms with Crippen molar-refractivity contribution in [1.82, 2.24) is 0 Å². The lowest BCUT2D eigenvalue weighted by atomic mass is 9.84. The molecule has 0 saturated heterocycles. The number of hydrogen-bond acceptors (Lipinski definition) is 2. The Kier molecular flexibility index (Phi) is 1.70. The van der Waals surface area contributed by atoms with Crippen molar-refractivity contribution in [3.63, 3.8) is 0 Å². The van der Waals surface area contributed by atoms with Crippen LogP contribution >= 0.6 is 15.9 Å². The number of benzene rings is 1. The van der Waals surface area contributed by atoms with Crippen LogP contribution in [-0.4, -0.2) is 13.7 Å². The second kappa shape index (κ2) is 2.70. The number of halogens is 1. The van der Waals surface area contributed by atoms with E-state index in [0.29, 0.717) is 0 Å². The molecule has 1 heterocycles. The maximum atomic E-state index is 4.76. The monoisotopic (exact) mass is 208 g/mol. The first-order valence-electron chi connectivity index (χ1n) is 3.18. The van der Waals surface area contributed by atoms with Gasteiger partial charge in [0.1, 0.15) is 0 Å². The van der Waals surface area contributed by atoms with E-state index in [2.05, 4.69) is 21.1 Å². The molecule has 0 unspecified atom stereocenters. The second-order valence-corrected chi connectivity index (χ2v) is 3.15. The summed E-state index contributed by atoms with van der Waals surface area (Å²) in [6.07, 6.45) is 1.69. The van der Waals surface area contributed by atoms with E-state index >= 15 is 0 Å². The van der Waals surface area contributed by atoms with Gasteiger partial charge in [0.25, 0.3) is 0 Å². The van der Waals surface area contributed by atoms with Gasteiger partial charge in [-0.2, -0.15) is 0 Å². The van der Waals surface area contributed by atoms with Crippen LogP contribution in [0.3, 0.4) is 0 Å². The van der Waals surface area contributed by atoms with E-state index in [9.17, 15) is 0 Å². The third-order valence-corrected chi connectivity index (χ3v) is 1.97. The number of fused-ring (bicyclic) bond motifs is 1. The zero-order valence-corrected chi connectivity index (χ0v) is 7.21. The second-order valence-electron chi connectivity index (χ2n) is 2.23. The summed E-state index contributed by atoms with van der Waals surface area (Å²) >= 11 is 3.37. The van der Waals surface area contributed by atoms with Crippen LogP contribution in [0.1, 0.15) is 5.56 Å². The Bertz CT molecular complexity index is 313. The van der Waals surface area contributed by atoms with Gasteiger partial charge in [-0.3, -0.25) is 0 Å². The van der Waals surface area contributed by atoms with E-state index in [1.807, 2.05) is 18.2 Å². The maximum Gasteiger partial charge on any atom is 0.449 e. The van der Waals surface area contributed by atoms with E-state index in [1.165, 1.54) is 0 Å². The molecule has 11 heavy (non-hydrogen) atoms. The molecule has 1 aliphatic heterocycles. The lowest BCUT2D eigenvalue weighted by molar-refractivity contribution is 0.370. The van der Waals surface area contributed by atoms with Gasteiger partial charge in [0, 0.05) is 4.47 Å². The molecule has 0 saturated carbocycles. The highest BCUT2D eigenvalue weighted by atomic mass is 79.9. The van der Waals surface area contributed by atoms with Crippen molar-refractivity contribution >= 4 is 35.1 Å². The quantitative estimate of drug-likeness (QED) is 0.585. The lowest BCUT2D eigenvalue weighted by Gasteiger charge is -2.07. The van der Waals surface area contributed by atoms with Crippen molar-refractivity contribution in [2.24, 2.45) is 5.16 Å². The first-order valence-corrected chi connectivity index (χ1v) is 3.97. The Morgan fingerprint density at radius 1 is 1.45 bits per heavy atom. The summed E-state index contributed by atoms with van der Waals surface area (Å²) in [5, 5.41) is 3.66. The van der Waals surface area contributed by atoms with Gasteiger partial charge in [-0.05, 0) is 23.2 Å². The van der Waals surface area contributed by atoms with Gasteiger partial charge in [-0.1, -0.05) is 22.0 Å². The minimum atomic E-state index is 1.05. The minimum Gasteiger partial charge on any atom is -0.468 e. The summed E-state index contributed by atoms with van der Waals surface area (Å²) < 4.78 is 5.82. The molecule has 2 nitrogen and oxygen atoms in total. The van der Waals surface area contributed by atoms with E-state index in [4.69, 9.17) is 4.76 Å². The third-order valence-electron chi connectivity index (χ3n) is 1.48. The summed E-state index contributed by atoms with van der Waals surface area (Å²) in [6.45, 7) is 0. The predicted molar refractivity (Wildman–Crippen MR) is 48.2 cm³/mol. The average molecular weight is 209 g/mol. The molecule has 0 amide bonds. The molecule has 0 N–H and O–H groups in total. The Morgan fingerprint density at radius 3 is 3.27 bits per heavy atom. The zero-order chi connectivity index (χ0) is 7.68. The van der Waals surface area contributed by atoms with Crippen molar-refractivity contribution in [3.05, 3.63) is 28.2 Å². The number of nitrogens with zero attached hydrogens (tertiary/aromatic N) is 1. The maximum absolute atomic E-state index is 4.76. The summed E-state index contributed by atoms with van der Waals surface area (Å²) in [7, 11) is 1.63. The highest BCUT2D eigenvalue weighted by Crippen LogP contribution is 2.09. The Balaban J connectivity index is 2.54. The number of rotatable bonds is 0. The van der Waals surface area contributed by atoms with Gasteiger partial charge in [-0.15, -0.1) is 5.16 Å². The van der Waals surface area contributed by atoms with Crippen LogP contribution in [-0.2, 0) is 4.76 Å². The lowest BCUT2D eigenvalue weighted by Crippen LogP contribution is -2.23. The molecule has 1 aliphatic rings. The van der Waals surface area contributed by atoms with Crippen molar-refractivity contribution in [2.45, 2.75) is 0 Å². The molecule has 2 rings (SSSR count). The summed E-state index contributed by atoms with van der Waals surface area (Å²) in [6, 6.07) is 5.94. The fraction of sp³-hybridized carbons (Fsp3) is 0. The van der Waals surface area contributed by atoms with Crippen LogP contribution in [0, 0.1) is 0 Å². The molecular formula is C7H4BBrNO. The van der Waals surface area contributed by atoms with Gasteiger partial charge in [0.2, 0.25) is 0 Å². The molecule has 0 atom stereocenters. The molecule has 0 aromatic heterocycles. The van der Waals surface area contributed by atoms with Gasteiger partial charge in [-0.25, -0.2) is 0 Å². The predicted octanol–water partition coefficient (Wildman–Crippen LogP) is 1.06. The molecule has 0 bridgehead atoms. The molecule has 1 aromatic carbocycles. The van der Waals surface area contributed by atoms with Gasteiger partial charge < -0.3 is 4.76 Å². The molecule has 0 aliphatic carbocycles. The van der Waals surface area contributed by atoms with Crippen LogP contribution in [0.2, 0.25) is 0 Å². The Hall–Kier alpha value is -0.765. The minimum absolute atomic E-state index is 1.05. The van der Waals surface area contributed by atoms with E-state index in [-0.39, 0.29) is 0 Å². The molecule has 0 fully saturated rings. The van der Waals surface area contributed by atoms with Crippen LogP contribution in [0.4, 0.5) is 0 Å². The van der Waals surface area contributed by atoms with E-state index in [1.54, 1.807) is 13.7 Å². The molecular weight excluding hydrogens is 205 g/mol. The normalized spacial score (nSPS) is 13.2. The zero-order valence-electron chi connectivity index (χ0n) is 5.62. The Morgan fingerprint density at radius 2 is 2.36 bits per heavy atom. The van der Waals surface area contributed by atoms with Crippen molar-refractivity contribution in [1.29, 1.82) is 0 Å². The smallest absolute Gasteiger partial charge is 0.449 e. The van der Waals surface area contributed by atoms with Crippen molar-refractivity contribution < 1.29 is 4.76 Å². The van der Waals surface area contributed by atoms with Gasteiger partial charge in [0.05, 0.1) is 6.21 Å². The largest absolute Gasteiger partial charge is 0.468 e. The fourth-order valence-corrected chi connectivity index (χ4v) is 1.32. The van der Waals surface area contributed by atoms with Gasteiger partial charge in [0.15, 0.2) is 0 Å². The van der Waals surface area contributed by atoms with Crippen LogP contribution < -0.4 is 5.46 Å². The highest BCUT2D eigenvalue weighted by Gasteiger charge is 2.08. The van der Waals surface area contributed by atoms with Crippen molar-refractivity contribution in [2.75, 3.05) is 0 Å².